The summed E-state index contributed by atoms with van der Waals surface area (Å²) in [4.78, 5) is 14.5. The predicted octanol–water partition coefficient (Wildman–Crippen LogP) is 2.14. The smallest absolute Gasteiger partial charge is 0.257 e. The molecular formula is C17H22FNO3. The number of halogens is 1. The molecule has 2 aliphatic heterocycles. The lowest BCUT2D eigenvalue weighted by Gasteiger charge is -2.37. The summed E-state index contributed by atoms with van der Waals surface area (Å²) < 4.78 is 19.5. The zero-order valence-electron chi connectivity index (χ0n) is 12.8. The van der Waals surface area contributed by atoms with Crippen molar-refractivity contribution in [3.63, 3.8) is 0 Å². The number of aliphatic hydroxyl groups excluding tert-OH is 1. The normalized spacial score (nSPS) is 28.9. The van der Waals surface area contributed by atoms with E-state index in [1.165, 1.54) is 6.07 Å². The number of carbonyl (C=O) groups is 1. The molecule has 0 spiro atoms. The van der Waals surface area contributed by atoms with Gasteiger partial charge in [0.2, 0.25) is 0 Å². The first-order chi connectivity index (χ1) is 10.6. The van der Waals surface area contributed by atoms with Crippen LogP contribution in [0, 0.1) is 18.7 Å². The number of nitrogens with zero attached hydrogens (tertiary/aromatic N) is 1. The molecule has 22 heavy (non-hydrogen) atoms. The van der Waals surface area contributed by atoms with Crippen LogP contribution in [-0.4, -0.2) is 47.8 Å². The topological polar surface area (TPSA) is 49.8 Å². The van der Waals surface area contributed by atoms with Crippen LogP contribution in [0.3, 0.4) is 0 Å². The minimum Gasteiger partial charge on any atom is -0.393 e. The Labute approximate surface area is 129 Å². The molecule has 1 amide bonds. The number of aliphatic hydroxyl groups is 1. The highest BCUT2D eigenvalue weighted by atomic mass is 19.1. The molecule has 2 heterocycles. The Morgan fingerprint density at radius 3 is 3.00 bits per heavy atom. The second kappa shape index (κ2) is 6.34. The van der Waals surface area contributed by atoms with Crippen LogP contribution in [-0.2, 0) is 4.74 Å². The van der Waals surface area contributed by atoms with E-state index in [1.807, 2.05) is 6.92 Å². The predicted molar refractivity (Wildman–Crippen MR) is 80.1 cm³/mol. The van der Waals surface area contributed by atoms with Crippen LogP contribution in [0.5, 0.6) is 0 Å². The standard InChI is InChI=1S/C17H22FNO3/c1-11-4-5-14(18)12(9-11)17(21)19-7-2-3-15(19)13-10-22-8-6-16(13)20/h4-5,9,13,15-16,20H,2-3,6-8,10H2,1H3/t13-,15+,16-/m0/s1. The number of hydrogen-bond acceptors (Lipinski definition) is 3. The molecule has 0 radical (unpaired) electrons. The molecule has 3 rings (SSSR count). The zero-order chi connectivity index (χ0) is 15.7. The summed E-state index contributed by atoms with van der Waals surface area (Å²) in [5.41, 5.74) is 0.986. The summed E-state index contributed by atoms with van der Waals surface area (Å²) in [5, 5.41) is 10.2. The maximum absolute atomic E-state index is 14.0. The lowest BCUT2D eigenvalue weighted by molar-refractivity contribution is -0.0589. The number of hydrogen-bond donors (Lipinski definition) is 1. The van der Waals surface area contributed by atoms with Gasteiger partial charge in [0.25, 0.3) is 5.91 Å². The van der Waals surface area contributed by atoms with Crippen molar-refractivity contribution in [2.24, 2.45) is 5.92 Å². The molecule has 1 N–H and O–H groups in total. The molecule has 0 unspecified atom stereocenters. The third-order valence-corrected chi connectivity index (χ3v) is 4.77. The van der Waals surface area contributed by atoms with Crippen LogP contribution >= 0.6 is 0 Å². The largest absolute Gasteiger partial charge is 0.393 e. The third-order valence-electron chi connectivity index (χ3n) is 4.77. The highest BCUT2D eigenvalue weighted by Gasteiger charge is 2.40. The Hall–Kier alpha value is -1.46. The fraction of sp³-hybridized carbons (Fsp3) is 0.588. The zero-order valence-corrected chi connectivity index (χ0v) is 12.8. The summed E-state index contributed by atoms with van der Waals surface area (Å²) >= 11 is 0. The Bertz CT molecular complexity index is 563. The Kier molecular flexibility index (Phi) is 4.45. The molecule has 2 fully saturated rings. The third kappa shape index (κ3) is 2.88. The molecule has 0 aromatic heterocycles. The van der Waals surface area contributed by atoms with Crippen molar-refractivity contribution in [1.82, 2.24) is 4.90 Å². The van der Waals surface area contributed by atoms with Crippen molar-refractivity contribution < 1.29 is 19.0 Å². The molecule has 1 aromatic carbocycles. The van der Waals surface area contributed by atoms with Crippen molar-refractivity contribution in [2.75, 3.05) is 19.8 Å². The molecule has 120 valence electrons. The lowest BCUT2D eigenvalue weighted by atomic mass is 9.89. The van der Waals surface area contributed by atoms with Crippen molar-refractivity contribution in [1.29, 1.82) is 0 Å². The van der Waals surface area contributed by atoms with Gasteiger partial charge in [0.1, 0.15) is 5.82 Å². The van der Waals surface area contributed by atoms with Gasteiger partial charge in [0, 0.05) is 25.1 Å². The average molecular weight is 307 g/mol. The molecular weight excluding hydrogens is 285 g/mol. The maximum Gasteiger partial charge on any atom is 0.257 e. The molecule has 0 aliphatic carbocycles. The fourth-order valence-corrected chi connectivity index (χ4v) is 3.56. The summed E-state index contributed by atoms with van der Waals surface area (Å²) in [6.07, 6.45) is 1.87. The van der Waals surface area contributed by atoms with Crippen molar-refractivity contribution in [3.05, 3.63) is 35.1 Å². The van der Waals surface area contributed by atoms with E-state index in [9.17, 15) is 14.3 Å². The van der Waals surface area contributed by atoms with E-state index in [1.54, 1.807) is 17.0 Å². The SMILES string of the molecule is Cc1ccc(F)c(C(=O)N2CCC[C@@H]2[C@@H]2COCC[C@@H]2O)c1. The van der Waals surface area contributed by atoms with E-state index < -0.39 is 11.9 Å². The number of ether oxygens (including phenoxy) is 1. The van der Waals surface area contributed by atoms with E-state index >= 15 is 0 Å². The Morgan fingerprint density at radius 1 is 1.41 bits per heavy atom. The fourth-order valence-electron chi connectivity index (χ4n) is 3.56. The number of amides is 1. The Balaban J connectivity index is 1.83. The summed E-state index contributed by atoms with van der Waals surface area (Å²) in [7, 11) is 0. The van der Waals surface area contributed by atoms with Crippen LogP contribution in [0.4, 0.5) is 4.39 Å². The lowest BCUT2D eigenvalue weighted by Crippen LogP contribution is -2.48. The van der Waals surface area contributed by atoms with Gasteiger partial charge in [-0.3, -0.25) is 4.79 Å². The summed E-state index contributed by atoms with van der Waals surface area (Å²) in [6, 6.07) is 4.53. The van der Waals surface area contributed by atoms with E-state index in [0.29, 0.717) is 26.2 Å². The highest BCUT2D eigenvalue weighted by Crippen LogP contribution is 2.31. The molecule has 1 aromatic rings. The first-order valence-electron chi connectivity index (χ1n) is 7.91. The second-order valence-corrected chi connectivity index (χ2v) is 6.29. The van der Waals surface area contributed by atoms with Gasteiger partial charge in [-0.05, 0) is 38.3 Å². The van der Waals surface area contributed by atoms with Gasteiger partial charge in [0.05, 0.1) is 18.3 Å². The minimum absolute atomic E-state index is 0.0669. The number of rotatable bonds is 2. The quantitative estimate of drug-likeness (QED) is 0.910. The van der Waals surface area contributed by atoms with Gasteiger partial charge in [-0.25, -0.2) is 4.39 Å². The molecule has 2 aliphatic rings. The molecule has 2 saturated heterocycles. The second-order valence-electron chi connectivity index (χ2n) is 6.29. The van der Waals surface area contributed by atoms with Crippen LogP contribution in [0.15, 0.2) is 18.2 Å². The first-order valence-corrected chi connectivity index (χ1v) is 7.91. The van der Waals surface area contributed by atoms with Gasteiger partial charge in [-0.2, -0.15) is 0 Å². The van der Waals surface area contributed by atoms with Crippen LogP contribution < -0.4 is 0 Å². The van der Waals surface area contributed by atoms with Crippen LogP contribution in [0.1, 0.15) is 35.2 Å². The van der Waals surface area contributed by atoms with Crippen molar-refractivity contribution >= 4 is 5.91 Å². The number of aryl methyl sites for hydroxylation is 1. The number of benzene rings is 1. The van der Waals surface area contributed by atoms with Gasteiger partial charge < -0.3 is 14.7 Å². The van der Waals surface area contributed by atoms with E-state index in [-0.39, 0.29) is 23.4 Å². The number of carbonyl (C=O) groups excluding carboxylic acids is 1. The highest BCUT2D eigenvalue weighted by molar-refractivity contribution is 5.95. The maximum atomic E-state index is 14.0. The van der Waals surface area contributed by atoms with E-state index in [0.717, 1.165) is 18.4 Å². The molecule has 4 nitrogen and oxygen atoms in total. The summed E-state index contributed by atoms with van der Waals surface area (Å²) in [5.74, 6) is -0.837. The van der Waals surface area contributed by atoms with E-state index in [2.05, 4.69) is 0 Å². The van der Waals surface area contributed by atoms with Gasteiger partial charge in [-0.1, -0.05) is 11.6 Å². The molecule has 0 saturated carbocycles. The summed E-state index contributed by atoms with van der Waals surface area (Å²) in [6.45, 7) is 3.48. The van der Waals surface area contributed by atoms with Crippen molar-refractivity contribution in [2.45, 2.75) is 38.3 Å². The minimum atomic E-state index is -0.485. The molecule has 0 bridgehead atoms. The first kappa shape index (κ1) is 15.4. The van der Waals surface area contributed by atoms with E-state index in [4.69, 9.17) is 4.74 Å². The molecule has 5 heteroatoms. The molecule has 3 atom stereocenters. The van der Waals surface area contributed by atoms with Gasteiger partial charge in [0.15, 0.2) is 0 Å². The van der Waals surface area contributed by atoms with Crippen molar-refractivity contribution in [3.8, 4) is 0 Å². The van der Waals surface area contributed by atoms with Gasteiger partial charge >= 0.3 is 0 Å². The Morgan fingerprint density at radius 2 is 2.23 bits per heavy atom. The monoisotopic (exact) mass is 307 g/mol. The average Bonchev–Trinajstić information content (AvgIpc) is 2.99. The van der Waals surface area contributed by atoms with Crippen LogP contribution in [0.2, 0.25) is 0 Å². The number of likely N-dealkylation sites (tertiary alicyclic amines) is 1. The van der Waals surface area contributed by atoms with Crippen LogP contribution in [0.25, 0.3) is 0 Å². The van der Waals surface area contributed by atoms with Gasteiger partial charge in [-0.15, -0.1) is 0 Å².